The molecule has 2 aliphatic heterocycles. The lowest BCUT2D eigenvalue weighted by Crippen LogP contribution is -2.42. The first-order valence-corrected chi connectivity index (χ1v) is 5.56. The molecule has 0 saturated carbocycles. The summed E-state index contributed by atoms with van der Waals surface area (Å²) in [5.41, 5.74) is 0. The molecule has 3 N–H and O–H groups in total. The Labute approximate surface area is 85.0 Å². The number of aliphatic hydroxyl groups excluding tert-OH is 1. The number of nitrogens with one attached hydrogen (secondary N) is 2. The quantitative estimate of drug-likeness (QED) is 0.566. The van der Waals surface area contributed by atoms with Gasteiger partial charge in [0.15, 0.2) is 0 Å². The summed E-state index contributed by atoms with van der Waals surface area (Å²) in [5.74, 6) is 0.733. The number of hydrogen-bond acceptors (Lipinski definition) is 4. The van der Waals surface area contributed by atoms with Crippen molar-refractivity contribution in [1.29, 1.82) is 0 Å². The molecule has 0 aromatic rings. The Hall–Kier alpha value is -0.160. The Balaban J connectivity index is 1.65. The third-order valence-corrected chi connectivity index (χ3v) is 3.19. The van der Waals surface area contributed by atoms with Gasteiger partial charge in [-0.1, -0.05) is 0 Å². The minimum absolute atomic E-state index is 0.213. The summed E-state index contributed by atoms with van der Waals surface area (Å²) in [5, 5.41) is 16.2. The van der Waals surface area contributed by atoms with E-state index >= 15 is 0 Å². The maximum absolute atomic E-state index is 9.57. The van der Waals surface area contributed by atoms with Crippen molar-refractivity contribution in [2.45, 2.75) is 25.0 Å². The van der Waals surface area contributed by atoms with E-state index in [-0.39, 0.29) is 12.1 Å². The van der Waals surface area contributed by atoms with E-state index in [4.69, 9.17) is 4.74 Å². The largest absolute Gasteiger partial charge is 0.390 e. The van der Waals surface area contributed by atoms with Crippen LogP contribution < -0.4 is 10.6 Å². The van der Waals surface area contributed by atoms with E-state index in [1.54, 1.807) is 0 Å². The van der Waals surface area contributed by atoms with Crippen LogP contribution in [0.3, 0.4) is 0 Å². The van der Waals surface area contributed by atoms with E-state index in [2.05, 4.69) is 10.6 Å². The minimum atomic E-state index is -0.213. The fourth-order valence-electron chi connectivity index (χ4n) is 2.14. The second kappa shape index (κ2) is 5.07. The highest BCUT2D eigenvalue weighted by molar-refractivity contribution is 4.86. The van der Waals surface area contributed by atoms with Gasteiger partial charge in [0.1, 0.15) is 0 Å². The highest BCUT2D eigenvalue weighted by atomic mass is 16.5. The van der Waals surface area contributed by atoms with Crippen LogP contribution in [0.5, 0.6) is 0 Å². The average molecular weight is 200 g/mol. The Morgan fingerprint density at radius 1 is 1.29 bits per heavy atom. The van der Waals surface area contributed by atoms with Crippen LogP contribution in [-0.4, -0.2) is 50.1 Å². The fraction of sp³-hybridized carbons (Fsp3) is 1.00. The van der Waals surface area contributed by atoms with Crippen molar-refractivity contribution in [3.63, 3.8) is 0 Å². The van der Waals surface area contributed by atoms with E-state index in [1.807, 2.05) is 0 Å². The van der Waals surface area contributed by atoms with Gasteiger partial charge < -0.3 is 20.5 Å². The zero-order valence-electron chi connectivity index (χ0n) is 8.54. The molecule has 0 aliphatic carbocycles. The fourth-order valence-corrected chi connectivity index (χ4v) is 2.14. The van der Waals surface area contributed by atoms with Gasteiger partial charge in [-0.2, -0.15) is 0 Å². The van der Waals surface area contributed by atoms with E-state index in [9.17, 15) is 5.11 Å². The smallest absolute Gasteiger partial charge is 0.0829 e. The molecule has 14 heavy (non-hydrogen) atoms. The molecule has 2 heterocycles. The van der Waals surface area contributed by atoms with Gasteiger partial charge in [-0.05, 0) is 25.3 Å². The van der Waals surface area contributed by atoms with E-state index in [0.717, 1.165) is 51.6 Å². The van der Waals surface area contributed by atoms with Crippen LogP contribution in [-0.2, 0) is 4.74 Å². The number of hydrogen-bond donors (Lipinski definition) is 3. The van der Waals surface area contributed by atoms with E-state index in [1.165, 1.54) is 0 Å². The van der Waals surface area contributed by atoms with Crippen LogP contribution in [0, 0.1) is 5.92 Å². The number of β-amino-alcohol motifs (C(OH)–C–C–N with tert-alkyl or cyclic N) is 1. The van der Waals surface area contributed by atoms with Crippen molar-refractivity contribution < 1.29 is 9.84 Å². The van der Waals surface area contributed by atoms with Crippen molar-refractivity contribution >= 4 is 0 Å². The van der Waals surface area contributed by atoms with Crippen molar-refractivity contribution in [3.8, 4) is 0 Å². The second-order valence-electron chi connectivity index (χ2n) is 4.30. The summed E-state index contributed by atoms with van der Waals surface area (Å²) >= 11 is 0. The second-order valence-corrected chi connectivity index (χ2v) is 4.30. The maximum atomic E-state index is 9.57. The van der Waals surface area contributed by atoms with Gasteiger partial charge in [0, 0.05) is 32.3 Å². The number of ether oxygens (including phenoxy) is 1. The molecule has 0 amide bonds. The van der Waals surface area contributed by atoms with Crippen LogP contribution >= 0.6 is 0 Å². The molecule has 2 atom stereocenters. The Morgan fingerprint density at radius 2 is 2.07 bits per heavy atom. The molecule has 0 radical (unpaired) electrons. The van der Waals surface area contributed by atoms with Crippen LogP contribution in [0.1, 0.15) is 12.8 Å². The summed E-state index contributed by atoms with van der Waals surface area (Å²) < 4.78 is 5.30. The molecule has 2 rings (SSSR count). The first-order chi connectivity index (χ1) is 6.86. The number of aliphatic hydroxyl groups is 1. The first-order valence-electron chi connectivity index (χ1n) is 5.56. The summed E-state index contributed by atoms with van der Waals surface area (Å²) in [6.07, 6.45) is 2.10. The molecule has 82 valence electrons. The molecule has 2 fully saturated rings. The summed E-state index contributed by atoms with van der Waals surface area (Å²) in [6.45, 7) is 4.44. The minimum Gasteiger partial charge on any atom is -0.390 e. The maximum Gasteiger partial charge on any atom is 0.0829 e. The van der Waals surface area contributed by atoms with Crippen LogP contribution in [0.15, 0.2) is 0 Å². The molecule has 0 unspecified atom stereocenters. The van der Waals surface area contributed by atoms with Crippen LogP contribution in [0.2, 0.25) is 0 Å². The molecule has 2 saturated heterocycles. The molecule has 0 bridgehead atoms. The van der Waals surface area contributed by atoms with Gasteiger partial charge in [0.05, 0.1) is 6.10 Å². The molecule has 2 aliphatic rings. The zero-order valence-corrected chi connectivity index (χ0v) is 8.54. The Kier molecular flexibility index (Phi) is 3.75. The highest BCUT2D eigenvalue weighted by Crippen LogP contribution is 2.13. The molecular weight excluding hydrogens is 180 g/mol. The third-order valence-electron chi connectivity index (χ3n) is 3.19. The van der Waals surface area contributed by atoms with Crippen LogP contribution in [0.25, 0.3) is 0 Å². The van der Waals surface area contributed by atoms with Crippen molar-refractivity contribution in [2.75, 3.05) is 32.8 Å². The molecule has 0 spiro atoms. The van der Waals surface area contributed by atoms with Gasteiger partial charge in [-0.3, -0.25) is 0 Å². The lowest BCUT2D eigenvalue weighted by atomic mass is 10.00. The highest BCUT2D eigenvalue weighted by Gasteiger charge is 2.25. The van der Waals surface area contributed by atoms with E-state index < -0.39 is 0 Å². The molecular formula is C10H20N2O2. The van der Waals surface area contributed by atoms with Crippen LogP contribution in [0.4, 0.5) is 0 Å². The Morgan fingerprint density at radius 3 is 2.71 bits per heavy atom. The standard InChI is InChI=1S/C10H20N2O2/c13-10-7-11-6-9(10)12-5-8-1-3-14-4-2-8/h8-13H,1-7H2/t9-,10-/m1/s1. The van der Waals surface area contributed by atoms with E-state index in [0.29, 0.717) is 0 Å². The number of rotatable bonds is 3. The van der Waals surface area contributed by atoms with Crippen molar-refractivity contribution in [1.82, 2.24) is 10.6 Å². The molecule has 0 aromatic carbocycles. The summed E-state index contributed by atoms with van der Waals surface area (Å²) in [6, 6.07) is 0.248. The molecule has 0 aromatic heterocycles. The topological polar surface area (TPSA) is 53.5 Å². The van der Waals surface area contributed by atoms with Gasteiger partial charge in [-0.15, -0.1) is 0 Å². The SMILES string of the molecule is O[C@@H]1CNC[C@H]1NCC1CCOCC1. The predicted molar refractivity (Wildman–Crippen MR) is 54.2 cm³/mol. The average Bonchev–Trinajstić information content (AvgIpc) is 2.63. The summed E-state index contributed by atoms with van der Waals surface area (Å²) in [7, 11) is 0. The van der Waals surface area contributed by atoms with Gasteiger partial charge in [0.2, 0.25) is 0 Å². The summed E-state index contributed by atoms with van der Waals surface area (Å²) in [4.78, 5) is 0. The third kappa shape index (κ3) is 2.67. The zero-order chi connectivity index (χ0) is 9.80. The first kappa shape index (κ1) is 10.4. The van der Waals surface area contributed by atoms with Gasteiger partial charge in [0.25, 0.3) is 0 Å². The lowest BCUT2D eigenvalue weighted by Gasteiger charge is -2.24. The lowest BCUT2D eigenvalue weighted by molar-refractivity contribution is 0.0635. The van der Waals surface area contributed by atoms with Crippen molar-refractivity contribution in [2.24, 2.45) is 5.92 Å². The Bertz CT molecular complexity index is 172. The van der Waals surface area contributed by atoms with Gasteiger partial charge >= 0.3 is 0 Å². The predicted octanol–water partition coefficient (Wildman–Crippen LogP) is -0.665. The normalized spacial score (nSPS) is 34.9. The van der Waals surface area contributed by atoms with Gasteiger partial charge in [-0.25, -0.2) is 0 Å². The monoisotopic (exact) mass is 200 g/mol. The molecule has 4 heteroatoms. The van der Waals surface area contributed by atoms with Crippen molar-refractivity contribution in [3.05, 3.63) is 0 Å². The molecule has 4 nitrogen and oxygen atoms in total.